The zero-order valence-electron chi connectivity index (χ0n) is 13.8. The quantitative estimate of drug-likeness (QED) is 0.898. The summed E-state index contributed by atoms with van der Waals surface area (Å²) in [6.45, 7) is 6.61. The average Bonchev–Trinajstić information content (AvgIpc) is 2.44. The van der Waals surface area contributed by atoms with E-state index in [1.807, 2.05) is 32.9 Å². The summed E-state index contributed by atoms with van der Waals surface area (Å²) in [6, 6.07) is 7.22. The Balaban J connectivity index is 1.84. The molecule has 2 N–H and O–H groups in total. The van der Waals surface area contributed by atoms with Gasteiger partial charge in [-0.1, -0.05) is 6.42 Å². The Morgan fingerprint density at radius 3 is 2.55 bits per heavy atom. The second kappa shape index (κ2) is 7.14. The largest absolute Gasteiger partial charge is 0.488 e. The number of hydrogen-bond acceptors (Lipinski definition) is 3. The highest BCUT2D eigenvalue weighted by Crippen LogP contribution is 2.23. The molecule has 1 amide bonds. The van der Waals surface area contributed by atoms with E-state index in [9.17, 15) is 9.90 Å². The fraction of sp³-hybridized carbons (Fsp3) is 0.611. The highest BCUT2D eigenvalue weighted by atomic mass is 16.5. The van der Waals surface area contributed by atoms with E-state index in [1.54, 1.807) is 12.1 Å². The van der Waals surface area contributed by atoms with Gasteiger partial charge in [0.15, 0.2) is 0 Å². The lowest BCUT2D eigenvalue weighted by Gasteiger charge is -2.25. The van der Waals surface area contributed by atoms with Crippen LogP contribution >= 0.6 is 0 Å². The number of ether oxygens (including phenoxy) is 1. The molecule has 122 valence electrons. The van der Waals surface area contributed by atoms with Gasteiger partial charge in [-0.3, -0.25) is 4.79 Å². The highest BCUT2D eigenvalue weighted by Gasteiger charge is 2.20. The first-order chi connectivity index (χ1) is 10.3. The van der Waals surface area contributed by atoms with Crippen LogP contribution in [0.5, 0.6) is 5.75 Å². The van der Waals surface area contributed by atoms with E-state index in [0.29, 0.717) is 18.0 Å². The lowest BCUT2D eigenvalue weighted by Crippen LogP contribution is -2.33. The van der Waals surface area contributed by atoms with Crippen molar-refractivity contribution in [2.24, 2.45) is 5.92 Å². The summed E-state index contributed by atoms with van der Waals surface area (Å²) < 4.78 is 5.74. The number of aliphatic hydroxyl groups excluding tert-OH is 1. The first-order valence-corrected chi connectivity index (χ1v) is 8.09. The summed E-state index contributed by atoms with van der Waals surface area (Å²) in [7, 11) is 0. The van der Waals surface area contributed by atoms with Gasteiger partial charge < -0.3 is 15.2 Å². The number of nitrogens with one attached hydrogen (secondary N) is 1. The minimum absolute atomic E-state index is 0.0672. The molecular formula is C18H27NO3. The van der Waals surface area contributed by atoms with Gasteiger partial charge in [0.2, 0.25) is 0 Å². The highest BCUT2D eigenvalue weighted by molar-refractivity contribution is 5.94. The van der Waals surface area contributed by atoms with Crippen molar-refractivity contribution in [2.75, 3.05) is 6.54 Å². The molecule has 0 aromatic heterocycles. The summed E-state index contributed by atoms with van der Waals surface area (Å²) in [5.41, 5.74) is 0.392. The van der Waals surface area contributed by atoms with Gasteiger partial charge in [0, 0.05) is 12.1 Å². The van der Waals surface area contributed by atoms with Crippen LogP contribution < -0.4 is 10.1 Å². The molecule has 1 fully saturated rings. The van der Waals surface area contributed by atoms with E-state index < -0.39 is 0 Å². The van der Waals surface area contributed by atoms with E-state index >= 15 is 0 Å². The molecule has 0 radical (unpaired) electrons. The molecule has 2 unspecified atom stereocenters. The molecule has 1 aliphatic rings. The molecule has 2 rings (SSSR count). The van der Waals surface area contributed by atoms with Crippen molar-refractivity contribution in [1.29, 1.82) is 0 Å². The number of benzene rings is 1. The first-order valence-electron chi connectivity index (χ1n) is 8.09. The first kappa shape index (κ1) is 16.8. The van der Waals surface area contributed by atoms with Crippen LogP contribution in [0.4, 0.5) is 0 Å². The predicted molar refractivity (Wildman–Crippen MR) is 87.1 cm³/mol. The maximum atomic E-state index is 12.2. The standard InChI is InChI=1S/C18H27NO3/c1-18(2,3)22-16-9-7-14(8-10-16)17(21)19-12-13-5-4-6-15(20)11-13/h7-10,13,15,20H,4-6,11-12H2,1-3H3,(H,19,21). The second-order valence-electron chi connectivity index (χ2n) is 7.14. The third-order valence-corrected chi connectivity index (χ3v) is 3.85. The van der Waals surface area contributed by atoms with Crippen molar-refractivity contribution in [3.63, 3.8) is 0 Å². The van der Waals surface area contributed by atoms with E-state index in [4.69, 9.17) is 4.74 Å². The Morgan fingerprint density at radius 1 is 1.27 bits per heavy atom. The fourth-order valence-electron chi connectivity index (χ4n) is 2.82. The Morgan fingerprint density at radius 2 is 1.95 bits per heavy atom. The van der Waals surface area contributed by atoms with Crippen molar-refractivity contribution < 1.29 is 14.6 Å². The topological polar surface area (TPSA) is 58.6 Å². The van der Waals surface area contributed by atoms with Gasteiger partial charge in [-0.15, -0.1) is 0 Å². The zero-order valence-corrected chi connectivity index (χ0v) is 13.8. The normalized spacial score (nSPS) is 22.2. The number of carbonyl (C=O) groups is 1. The lowest BCUT2D eigenvalue weighted by atomic mass is 9.87. The SMILES string of the molecule is CC(C)(C)Oc1ccc(C(=O)NCC2CCCC(O)C2)cc1. The van der Waals surface area contributed by atoms with Crippen molar-refractivity contribution in [3.05, 3.63) is 29.8 Å². The van der Waals surface area contributed by atoms with Crippen molar-refractivity contribution >= 4 is 5.91 Å². The van der Waals surface area contributed by atoms with Gasteiger partial charge in [-0.25, -0.2) is 0 Å². The Bertz CT molecular complexity index is 490. The maximum absolute atomic E-state index is 12.2. The number of aliphatic hydroxyl groups is 1. The number of hydrogen-bond donors (Lipinski definition) is 2. The molecule has 22 heavy (non-hydrogen) atoms. The second-order valence-corrected chi connectivity index (χ2v) is 7.14. The fourth-order valence-corrected chi connectivity index (χ4v) is 2.82. The van der Waals surface area contributed by atoms with Gasteiger partial charge in [-0.05, 0) is 70.2 Å². The minimum Gasteiger partial charge on any atom is -0.488 e. The van der Waals surface area contributed by atoms with Crippen LogP contribution in [-0.4, -0.2) is 29.3 Å². The van der Waals surface area contributed by atoms with Crippen LogP contribution in [0.15, 0.2) is 24.3 Å². The lowest BCUT2D eigenvalue weighted by molar-refractivity contribution is 0.0873. The molecule has 0 aliphatic heterocycles. The minimum atomic E-state index is -0.244. The molecular weight excluding hydrogens is 278 g/mol. The molecule has 0 saturated heterocycles. The maximum Gasteiger partial charge on any atom is 0.251 e. The van der Waals surface area contributed by atoms with Crippen molar-refractivity contribution in [1.82, 2.24) is 5.32 Å². The van der Waals surface area contributed by atoms with Crippen LogP contribution in [-0.2, 0) is 0 Å². The third-order valence-electron chi connectivity index (χ3n) is 3.85. The molecule has 1 aromatic carbocycles. The average molecular weight is 305 g/mol. The Kier molecular flexibility index (Phi) is 5.46. The number of rotatable bonds is 4. The Hall–Kier alpha value is -1.55. The van der Waals surface area contributed by atoms with Crippen molar-refractivity contribution in [3.8, 4) is 5.75 Å². The summed E-state index contributed by atoms with van der Waals surface area (Å²) in [6.07, 6.45) is 3.60. The van der Waals surface area contributed by atoms with Gasteiger partial charge in [0.1, 0.15) is 11.4 Å². The summed E-state index contributed by atoms with van der Waals surface area (Å²) in [4.78, 5) is 12.2. The van der Waals surface area contributed by atoms with Crippen molar-refractivity contribution in [2.45, 2.75) is 58.2 Å². The van der Waals surface area contributed by atoms with Gasteiger partial charge in [0.25, 0.3) is 5.91 Å². The molecule has 1 aliphatic carbocycles. The van der Waals surface area contributed by atoms with E-state index in [-0.39, 0.29) is 17.6 Å². The smallest absolute Gasteiger partial charge is 0.251 e. The van der Waals surface area contributed by atoms with E-state index in [2.05, 4.69) is 5.32 Å². The third kappa shape index (κ3) is 5.34. The Labute approximate surface area is 132 Å². The van der Waals surface area contributed by atoms with Gasteiger partial charge in [0.05, 0.1) is 6.10 Å². The molecule has 0 heterocycles. The van der Waals surface area contributed by atoms with Crippen LogP contribution in [0.1, 0.15) is 56.8 Å². The van der Waals surface area contributed by atoms with Gasteiger partial charge >= 0.3 is 0 Å². The number of carbonyl (C=O) groups excluding carboxylic acids is 1. The van der Waals surface area contributed by atoms with E-state index in [0.717, 1.165) is 31.4 Å². The molecule has 1 aromatic rings. The number of amides is 1. The molecule has 4 nitrogen and oxygen atoms in total. The molecule has 2 atom stereocenters. The summed E-state index contributed by atoms with van der Waals surface area (Å²) in [5.74, 6) is 1.08. The van der Waals surface area contributed by atoms with E-state index in [1.165, 1.54) is 0 Å². The molecule has 1 saturated carbocycles. The van der Waals surface area contributed by atoms with Crippen LogP contribution in [0.2, 0.25) is 0 Å². The molecule has 4 heteroatoms. The van der Waals surface area contributed by atoms with Crippen LogP contribution in [0.3, 0.4) is 0 Å². The zero-order chi connectivity index (χ0) is 16.2. The van der Waals surface area contributed by atoms with Gasteiger partial charge in [-0.2, -0.15) is 0 Å². The molecule has 0 bridgehead atoms. The summed E-state index contributed by atoms with van der Waals surface area (Å²) >= 11 is 0. The summed E-state index contributed by atoms with van der Waals surface area (Å²) in [5, 5.41) is 12.6. The predicted octanol–water partition coefficient (Wildman–Crippen LogP) is 3.14. The monoisotopic (exact) mass is 305 g/mol. The molecule has 0 spiro atoms. The van der Waals surface area contributed by atoms with Crippen LogP contribution in [0, 0.1) is 5.92 Å². The van der Waals surface area contributed by atoms with Crippen LogP contribution in [0.25, 0.3) is 0 Å².